The molecule has 1 radical (unpaired) electrons. The van der Waals surface area contributed by atoms with Crippen molar-refractivity contribution in [2.45, 2.75) is 11.1 Å². The smallest absolute Gasteiger partial charge is 0.166 e. The summed E-state index contributed by atoms with van der Waals surface area (Å²) in [5, 5.41) is 0. The second-order valence-corrected chi connectivity index (χ2v) is 2.75. The summed E-state index contributed by atoms with van der Waals surface area (Å²) >= 11 is 0.0491. The van der Waals surface area contributed by atoms with E-state index in [1.807, 2.05) is 0 Å². The van der Waals surface area contributed by atoms with Crippen LogP contribution in [0.3, 0.4) is 0 Å². The van der Waals surface area contributed by atoms with E-state index in [0.717, 1.165) is 12.1 Å². The van der Waals surface area contributed by atoms with Crippen LogP contribution >= 0.6 is 12.0 Å². The van der Waals surface area contributed by atoms with E-state index in [2.05, 4.69) is 0 Å². The maximum Gasteiger partial charge on any atom is 0.416 e. The van der Waals surface area contributed by atoms with Gasteiger partial charge in [0.25, 0.3) is 0 Å². The summed E-state index contributed by atoms with van der Waals surface area (Å²) in [5.74, 6) is 0. The minimum absolute atomic E-state index is 0.0491. The second-order valence-electron chi connectivity index (χ2n) is 2.11. The van der Waals surface area contributed by atoms with E-state index < -0.39 is 11.7 Å². The Bertz CT molecular complexity index is 272. The minimum Gasteiger partial charge on any atom is -0.166 e. The predicted octanol–water partition coefficient (Wildman–Crippen LogP) is 3.14. The first-order valence-electron chi connectivity index (χ1n) is 3.01. The molecule has 1 aromatic carbocycles. The fourth-order valence-corrected chi connectivity index (χ4v) is 1.03. The molecule has 0 unspecified atom stereocenters. The Labute approximate surface area is 71.4 Å². The van der Waals surface area contributed by atoms with Crippen molar-refractivity contribution >= 4 is 12.0 Å². The van der Waals surface area contributed by atoms with Crippen LogP contribution < -0.4 is 0 Å². The molecule has 0 aliphatic rings. The van der Waals surface area contributed by atoms with Gasteiger partial charge in [-0.15, -0.1) is 4.55 Å². The van der Waals surface area contributed by atoms with Gasteiger partial charge in [0.1, 0.15) is 0 Å². The Morgan fingerprint density at radius 3 is 2.42 bits per heavy atom. The van der Waals surface area contributed by atoms with Crippen LogP contribution in [0.4, 0.5) is 13.2 Å². The molecule has 0 saturated carbocycles. The Balaban J connectivity index is 3.02. The number of hydrogen-bond acceptors (Lipinski definition) is 1. The van der Waals surface area contributed by atoms with Crippen molar-refractivity contribution in [1.29, 1.82) is 0 Å². The molecule has 65 valence electrons. The van der Waals surface area contributed by atoms with E-state index in [1.165, 1.54) is 12.1 Å². The van der Waals surface area contributed by atoms with E-state index in [9.17, 15) is 17.7 Å². The summed E-state index contributed by atoms with van der Waals surface area (Å²) in [6.07, 6.45) is -4.37. The summed E-state index contributed by atoms with van der Waals surface area (Å²) in [7, 11) is 0. The number of rotatable bonds is 1. The fourth-order valence-electron chi connectivity index (χ4n) is 0.724. The van der Waals surface area contributed by atoms with Crippen LogP contribution in [-0.4, -0.2) is 0 Å². The molecule has 1 nitrogen and oxygen atoms in total. The highest BCUT2D eigenvalue weighted by molar-refractivity contribution is 7.93. The van der Waals surface area contributed by atoms with Crippen LogP contribution in [-0.2, 0) is 10.7 Å². The number of benzene rings is 1. The SMILES string of the molecule is [O]Sc1cccc(C(F)(F)F)c1. The van der Waals surface area contributed by atoms with E-state index >= 15 is 0 Å². The highest BCUT2D eigenvalue weighted by Crippen LogP contribution is 2.31. The normalized spacial score (nSPS) is 11.7. The van der Waals surface area contributed by atoms with Gasteiger partial charge in [-0.1, -0.05) is 6.07 Å². The molecular formula is C7H4F3OS. The van der Waals surface area contributed by atoms with Gasteiger partial charge < -0.3 is 0 Å². The van der Waals surface area contributed by atoms with Crippen LogP contribution in [0.15, 0.2) is 29.2 Å². The zero-order valence-corrected chi connectivity index (χ0v) is 6.58. The molecule has 1 aromatic rings. The van der Waals surface area contributed by atoms with Crippen molar-refractivity contribution < 1.29 is 17.7 Å². The lowest BCUT2D eigenvalue weighted by Crippen LogP contribution is -2.04. The maximum absolute atomic E-state index is 12.0. The van der Waals surface area contributed by atoms with Crippen molar-refractivity contribution in [3.8, 4) is 0 Å². The van der Waals surface area contributed by atoms with Crippen LogP contribution in [0.2, 0.25) is 0 Å². The van der Waals surface area contributed by atoms with Gasteiger partial charge in [-0.2, -0.15) is 13.2 Å². The van der Waals surface area contributed by atoms with Crippen LogP contribution in [0.5, 0.6) is 0 Å². The largest absolute Gasteiger partial charge is 0.416 e. The maximum atomic E-state index is 12.0. The molecule has 1 rings (SSSR count). The monoisotopic (exact) mass is 193 g/mol. The van der Waals surface area contributed by atoms with Crippen LogP contribution in [0, 0.1) is 0 Å². The average molecular weight is 193 g/mol. The molecule has 0 heterocycles. The molecule has 0 spiro atoms. The first kappa shape index (κ1) is 9.41. The minimum atomic E-state index is -4.37. The first-order chi connectivity index (χ1) is 5.54. The molecule has 0 aliphatic carbocycles. The van der Waals surface area contributed by atoms with Crippen LogP contribution in [0.1, 0.15) is 5.56 Å². The van der Waals surface area contributed by atoms with Gasteiger partial charge in [0.05, 0.1) is 17.6 Å². The molecule has 0 amide bonds. The highest BCUT2D eigenvalue weighted by atomic mass is 32.2. The third-order valence-electron chi connectivity index (χ3n) is 1.26. The Hall–Kier alpha value is -0.680. The molecule has 0 aromatic heterocycles. The summed E-state index contributed by atoms with van der Waals surface area (Å²) in [6.45, 7) is 0. The molecule has 0 aliphatic heterocycles. The van der Waals surface area contributed by atoms with Crippen LogP contribution in [0.25, 0.3) is 0 Å². The van der Waals surface area contributed by atoms with Crippen molar-refractivity contribution in [2.75, 3.05) is 0 Å². The zero-order valence-electron chi connectivity index (χ0n) is 5.76. The Morgan fingerprint density at radius 1 is 1.25 bits per heavy atom. The van der Waals surface area contributed by atoms with Gasteiger partial charge in [-0.05, 0) is 18.2 Å². The Morgan fingerprint density at radius 2 is 1.92 bits per heavy atom. The third kappa shape index (κ3) is 2.15. The van der Waals surface area contributed by atoms with Crippen molar-refractivity contribution in [3.05, 3.63) is 29.8 Å². The average Bonchev–Trinajstić information content (AvgIpc) is 2.03. The lowest BCUT2D eigenvalue weighted by Gasteiger charge is -2.05. The topological polar surface area (TPSA) is 19.9 Å². The van der Waals surface area contributed by atoms with E-state index in [4.69, 9.17) is 0 Å². The van der Waals surface area contributed by atoms with Gasteiger partial charge in [-0.3, -0.25) is 0 Å². The van der Waals surface area contributed by atoms with Gasteiger partial charge in [-0.25, -0.2) is 0 Å². The van der Waals surface area contributed by atoms with Crippen molar-refractivity contribution in [2.24, 2.45) is 0 Å². The number of halogens is 3. The Kier molecular flexibility index (Phi) is 2.64. The van der Waals surface area contributed by atoms with Crippen molar-refractivity contribution in [3.63, 3.8) is 0 Å². The molecular weight excluding hydrogens is 189 g/mol. The second kappa shape index (κ2) is 3.37. The van der Waals surface area contributed by atoms with E-state index in [1.54, 1.807) is 0 Å². The summed E-state index contributed by atoms with van der Waals surface area (Å²) < 4.78 is 46.1. The quantitative estimate of drug-likeness (QED) is 0.627. The summed E-state index contributed by atoms with van der Waals surface area (Å²) in [5.41, 5.74) is -0.789. The molecule has 0 saturated heterocycles. The zero-order chi connectivity index (χ0) is 9.19. The standard InChI is InChI=1S/C7H4F3OS/c8-7(9,10)5-2-1-3-6(4-5)12-11/h1-4H. The molecule has 0 bridgehead atoms. The van der Waals surface area contributed by atoms with Gasteiger partial charge in [0.2, 0.25) is 0 Å². The summed E-state index contributed by atoms with van der Waals surface area (Å²) in [4.78, 5) is 0.0739. The van der Waals surface area contributed by atoms with Gasteiger partial charge >= 0.3 is 6.18 Å². The lowest BCUT2D eigenvalue weighted by atomic mass is 10.2. The molecule has 0 atom stereocenters. The molecule has 0 fully saturated rings. The van der Waals surface area contributed by atoms with Crippen molar-refractivity contribution in [1.82, 2.24) is 0 Å². The molecule has 5 heteroatoms. The van der Waals surface area contributed by atoms with E-state index in [-0.39, 0.29) is 16.9 Å². The highest BCUT2D eigenvalue weighted by Gasteiger charge is 2.30. The lowest BCUT2D eigenvalue weighted by molar-refractivity contribution is -0.137. The van der Waals surface area contributed by atoms with Gasteiger partial charge in [0, 0.05) is 4.90 Å². The van der Waals surface area contributed by atoms with E-state index in [0.29, 0.717) is 0 Å². The molecule has 0 N–H and O–H groups in total. The third-order valence-corrected chi connectivity index (χ3v) is 1.70. The number of hydrogen-bond donors (Lipinski definition) is 0. The fraction of sp³-hybridized carbons (Fsp3) is 0.143. The van der Waals surface area contributed by atoms with Gasteiger partial charge in [0.15, 0.2) is 0 Å². The summed E-state index contributed by atoms with van der Waals surface area (Å²) in [6, 6.07) is 4.31. The number of alkyl halides is 3. The molecule has 12 heavy (non-hydrogen) atoms. The first-order valence-corrected chi connectivity index (χ1v) is 3.75. The predicted molar refractivity (Wildman–Crippen MR) is 38.0 cm³/mol.